The van der Waals surface area contributed by atoms with E-state index in [9.17, 15) is 8.42 Å². The third kappa shape index (κ3) is 3.24. The van der Waals surface area contributed by atoms with Crippen LogP contribution in [0.15, 0.2) is 24.3 Å². The van der Waals surface area contributed by atoms with Gasteiger partial charge in [0.2, 0.25) is 10.0 Å². The Morgan fingerprint density at radius 2 is 1.75 bits per heavy atom. The molecule has 112 valence electrons. The third-order valence-corrected chi connectivity index (χ3v) is 4.94. The van der Waals surface area contributed by atoms with E-state index in [1.165, 1.54) is 10.6 Å². The number of hydrogen-bond acceptors (Lipinski definition) is 4. The molecule has 1 fully saturated rings. The number of rotatable bonds is 4. The van der Waals surface area contributed by atoms with Gasteiger partial charge in [0.25, 0.3) is 0 Å². The summed E-state index contributed by atoms with van der Waals surface area (Å²) in [5, 5.41) is 0. The normalized spacial score (nSPS) is 17.2. The molecule has 0 saturated carbocycles. The minimum Gasteiger partial charge on any atom is -0.367 e. The fourth-order valence-corrected chi connectivity index (χ4v) is 3.55. The summed E-state index contributed by atoms with van der Waals surface area (Å²) in [4.78, 5) is 4.55. The minimum absolute atomic E-state index is 0.448. The van der Waals surface area contributed by atoms with E-state index < -0.39 is 10.0 Å². The fraction of sp³-hybridized carbons (Fsp3) is 0.571. The van der Waals surface area contributed by atoms with Crippen molar-refractivity contribution in [3.8, 4) is 0 Å². The Hall–Kier alpha value is -1.27. The van der Waals surface area contributed by atoms with Gasteiger partial charge in [0, 0.05) is 32.7 Å². The summed E-state index contributed by atoms with van der Waals surface area (Å²) in [6.07, 6.45) is 1.26. The van der Waals surface area contributed by atoms with Crippen molar-refractivity contribution in [2.24, 2.45) is 0 Å². The van der Waals surface area contributed by atoms with Crippen LogP contribution in [0.25, 0.3) is 0 Å². The van der Waals surface area contributed by atoms with Gasteiger partial charge >= 0.3 is 0 Å². The highest BCUT2D eigenvalue weighted by Crippen LogP contribution is 2.31. The van der Waals surface area contributed by atoms with Crippen LogP contribution in [0.5, 0.6) is 0 Å². The van der Waals surface area contributed by atoms with Gasteiger partial charge in [-0.3, -0.25) is 4.31 Å². The largest absolute Gasteiger partial charge is 0.367 e. The van der Waals surface area contributed by atoms with Crippen LogP contribution in [0.1, 0.15) is 6.92 Å². The number of likely N-dealkylation sites (N-methyl/N-ethyl adjacent to an activating group) is 1. The van der Waals surface area contributed by atoms with Crippen molar-refractivity contribution in [3.63, 3.8) is 0 Å². The van der Waals surface area contributed by atoms with Crippen molar-refractivity contribution in [1.29, 1.82) is 0 Å². The summed E-state index contributed by atoms with van der Waals surface area (Å²) in [7, 11) is -1.13. The van der Waals surface area contributed by atoms with Crippen LogP contribution >= 0.6 is 0 Å². The molecular weight excluding hydrogens is 274 g/mol. The average Bonchev–Trinajstić information content (AvgIpc) is 2.39. The zero-order valence-corrected chi connectivity index (χ0v) is 13.2. The number of anilines is 2. The minimum atomic E-state index is -3.24. The van der Waals surface area contributed by atoms with E-state index in [1.54, 1.807) is 0 Å². The Kier molecular flexibility index (Phi) is 4.55. The van der Waals surface area contributed by atoms with Gasteiger partial charge in [-0.1, -0.05) is 12.1 Å². The van der Waals surface area contributed by atoms with E-state index in [-0.39, 0.29) is 0 Å². The van der Waals surface area contributed by atoms with Crippen molar-refractivity contribution in [2.45, 2.75) is 6.92 Å². The Morgan fingerprint density at radius 1 is 1.15 bits per heavy atom. The Morgan fingerprint density at radius 3 is 2.30 bits per heavy atom. The van der Waals surface area contributed by atoms with E-state index in [4.69, 9.17) is 0 Å². The number of benzene rings is 1. The van der Waals surface area contributed by atoms with E-state index in [0.29, 0.717) is 6.54 Å². The fourth-order valence-electron chi connectivity index (χ4n) is 2.57. The lowest BCUT2D eigenvalue weighted by Crippen LogP contribution is -2.45. The van der Waals surface area contributed by atoms with Crippen molar-refractivity contribution >= 4 is 21.4 Å². The molecule has 2 rings (SSSR count). The van der Waals surface area contributed by atoms with Crippen molar-refractivity contribution in [1.82, 2.24) is 4.90 Å². The molecule has 0 aromatic heterocycles. The first-order valence-electron chi connectivity index (χ1n) is 6.93. The van der Waals surface area contributed by atoms with Crippen LogP contribution in [0.4, 0.5) is 11.4 Å². The van der Waals surface area contributed by atoms with Gasteiger partial charge in [0.1, 0.15) is 0 Å². The van der Waals surface area contributed by atoms with Crippen LogP contribution in [-0.4, -0.2) is 59.3 Å². The molecule has 0 aliphatic carbocycles. The van der Waals surface area contributed by atoms with Gasteiger partial charge in [-0.25, -0.2) is 8.42 Å². The zero-order valence-electron chi connectivity index (χ0n) is 12.4. The predicted molar refractivity (Wildman–Crippen MR) is 84.0 cm³/mol. The van der Waals surface area contributed by atoms with E-state index in [2.05, 4.69) is 16.8 Å². The lowest BCUT2D eigenvalue weighted by Gasteiger charge is -2.36. The quantitative estimate of drug-likeness (QED) is 0.838. The Balaban J connectivity index is 2.35. The molecule has 1 aromatic rings. The summed E-state index contributed by atoms with van der Waals surface area (Å²) in [5.74, 6) is 0. The number of nitrogens with zero attached hydrogens (tertiary/aromatic N) is 3. The molecule has 20 heavy (non-hydrogen) atoms. The van der Waals surface area contributed by atoms with Gasteiger partial charge in [-0.05, 0) is 26.1 Å². The first kappa shape index (κ1) is 15.1. The smallest absolute Gasteiger partial charge is 0.232 e. The highest BCUT2D eigenvalue weighted by molar-refractivity contribution is 7.92. The second-order valence-corrected chi connectivity index (χ2v) is 7.11. The molecule has 0 radical (unpaired) electrons. The number of sulfonamides is 1. The highest BCUT2D eigenvalue weighted by Gasteiger charge is 2.22. The molecular formula is C14H23N3O2S. The second-order valence-electron chi connectivity index (χ2n) is 5.21. The lowest BCUT2D eigenvalue weighted by atomic mass is 10.2. The van der Waals surface area contributed by atoms with Crippen molar-refractivity contribution in [3.05, 3.63) is 24.3 Å². The molecule has 1 heterocycles. The van der Waals surface area contributed by atoms with E-state index >= 15 is 0 Å². The van der Waals surface area contributed by atoms with Crippen molar-refractivity contribution in [2.75, 3.05) is 55.2 Å². The Labute approximate surface area is 121 Å². The topological polar surface area (TPSA) is 43.9 Å². The van der Waals surface area contributed by atoms with Crippen molar-refractivity contribution < 1.29 is 8.42 Å². The number of piperazine rings is 1. The first-order chi connectivity index (χ1) is 9.43. The molecule has 0 atom stereocenters. The molecule has 0 spiro atoms. The van der Waals surface area contributed by atoms with Gasteiger partial charge < -0.3 is 9.80 Å². The summed E-state index contributed by atoms with van der Waals surface area (Å²) >= 11 is 0. The maximum Gasteiger partial charge on any atom is 0.232 e. The third-order valence-electron chi connectivity index (χ3n) is 3.68. The first-order valence-corrected chi connectivity index (χ1v) is 8.78. The molecule has 1 aliphatic rings. The number of para-hydroxylation sites is 2. The molecule has 1 saturated heterocycles. The van der Waals surface area contributed by atoms with E-state index in [1.807, 2.05) is 31.2 Å². The average molecular weight is 297 g/mol. The molecule has 0 amide bonds. The summed E-state index contributed by atoms with van der Waals surface area (Å²) < 4.78 is 25.4. The zero-order chi connectivity index (χ0) is 14.8. The summed E-state index contributed by atoms with van der Waals surface area (Å²) in [5.41, 5.74) is 1.79. The van der Waals surface area contributed by atoms with Crippen LogP contribution in [0.3, 0.4) is 0 Å². The summed E-state index contributed by atoms with van der Waals surface area (Å²) in [6.45, 7) is 6.16. The lowest BCUT2D eigenvalue weighted by molar-refractivity contribution is 0.313. The van der Waals surface area contributed by atoms with E-state index in [0.717, 1.165) is 37.6 Å². The SMILES string of the molecule is CCN(c1ccccc1N1CCN(C)CC1)S(C)(=O)=O. The molecule has 1 aliphatic heterocycles. The molecule has 6 heteroatoms. The second kappa shape index (κ2) is 6.01. The molecule has 0 N–H and O–H groups in total. The number of hydrogen-bond donors (Lipinski definition) is 0. The van der Waals surface area contributed by atoms with Gasteiger partial charge in [0.15, 0.2) is 0 Å². The molecule has 0 bridgehead atoms. The summed E-state index contributed by atoms with van der Waals surface area (Å²) in [6, 6.07) is 7.75. The monoisotopic (exact) mass is 297 g/mol. The van der Waals surface area contributed by atoms with Crippen LogP contribution < -0.4 is 9.21 Å². The molecule has 1 aromatic carbocycles. The maximum atomic E-state index is 11.9. The standard InChI is InChI=1S/C14H23N3O2S/c1-4-17(20(3,18)19)14-8-6-5-7-13(14)16-11-9-15(2)10-12-16/h5-8H,4,9-12H2,1-3H3. The molecule has 0 unspecified atom stereocenters. The highest BCUT2D eigenvalue weighted by atomic mass is 32.2. The van der Waals surface area contributed by atoms with Gasteiger partial charge in [-0.15, -0.1) is 0 Å². The molecule has 5 nitrogen and oxygen atoms in total. The van der Waals surface area contributed by atoms with Gasteiger partial charge in [0.05, 0.1) is 17.6 Å². The van der Waals surface area contributed by atoms with Crippen LogP contribution in [0, 0.1) is 0 Å². The Bertz CT molecular complexity index is 551. The van der Waals surface area contributed by atoms with Crippen LogP contribution in [0.2, 0.25) is 0 Å². The predicted octanol–water partition coefficient (Wildman–Crippen LogP) is 1.22. The van der Waals surface area contributed by atoms with Gasteiger partial charge in [-0.2, -0.15) is 0 Å². The van der Waals surface area contributed by atoms with Crippen LogP contribution in [-0.2, 0) is 10.0 Å². The maximum absolute atomic E-state index is 11.9.